The molecule has 2 fully saturated rings. The van der Waals surface area contributed by atoms with E-state index in [1.165, 1.54) is 19.3 Å². The van der Waals surface area contributed by atoms with Crippen LogP contribution in [0.2, 0.25) is 0 Å². The van der Waals surface area contributed by atoms with Crippen LogP contribution in [0, 0.1) is 0 Å². The maximum Gasteiger partial charge on any atom is 0.415 e. The van der Waals surface area contributed by atoms with Crippen molar-refractivity contribution in [2.24, 2.45) is 0 Å². The van der Waals surface area contributed by atoms with Crippen LogP contribution in [0.25, 0.3) is 0 Å². The number of likely N-dealkylation sites (N-methyl/N-ethyl adjacent to an activating group) is 1. The first-order valence-corrected chi connectivity index (χ1v) is 4.82. The third-order valence-electron chi connectivity index (χ3n) is 3.33. The lowest BCUT2D eigenvalue weighted by Crippen LogP contribution is -2.45. The summed E-state index contributed by atoms with van der Waals surface area (Å²) in [6.45, 7) is 3.85. The van der Waals surface area contributed by atoms with Crippen molar-refractivity contribution in [3.05, 3.63) is 12.3 Å². The third-order valence-corrected chi connectivity index (χ3v) is 3.33. The highest BCUT2D eigenvalue weighted by atomic mass is 16.6. The molecular weight excluding hydrogens is 166 g/mol. The van der Waals surface area contributed by atoms with Crippen LogP contribution in [0.1, 0.15) is 32.1 Å². The number of carbonyl (C=O) groups is 1. The highest BCUT2D eigenvalue weighted by Crippen LogP contribution is 2.42. The van der Waals surface area contributed by atoms with Crippen LogP contribution in [0.15, 0.2) is 12.3 Å². The lowest BCUT2D eigenvalue weighted by molar-refractivity contribution is 0.149. The Morgan fingerprint density at radius 2 is 2.00 bits per heavy atom. The van der Waals surface area contributed by atoms with Crippen LogP contribution >= 0.6 is 0 Å². The predicted octanol–water partition coefficient (Wildman–Crippen LogP) is 2.29. The molecule has 2 aliphatic rings. The van der Waals surface area contributed by atoms with Crippen LogP contribution in [0.5, 0.6) is 0 Å². The van der Waals surface area contributed by atoms with Gasteiger partial charge in [0.2, 0.25) is 0 Å². The fraction of sp³-hybridized carbons (Fsp3) is 0.700. The number of hydrogen-bond acceptors (Lipinski definition) is 2. The largest absolute Gasteiger partial charge is 0.415 e. The van der Waals surface area contributed by atoms with Gasteiger partial charge in [-0.3, -0.25) is 4.90 Å². The molecule has 0 unspecified atom stereocenters. The van der Waals surface area contributed by atoms with E-state index in [4.69, 9.17) is 4.74 Å². The second-order valence-electron chi connectivity index (χ2n) is 3.94. The quantitative estimate of drug-likeness (QED) is 0.573. The standard InChI is InChI=1S/C10H15NO2/c1-8-10(6-4-3-5-7-10)11(2)9(12)13-8/h1,3-7H2,2H3. The molecule has 0 aromatic carbocycles. The molecule has 1 heterocycles. The Labute approximate surface area is 78.4 Å². The molecule has 3 heteroatoms. The summed E-state index contributed by atoms with van der Waals surface area (Å²) in [5.74, 6) is 0.653. The van der Waals surface area contributed by atoms with E-state index in [1.807, 2.05) is 7.05 Å². The van der Waals surface area contributed by atoms with Crippen LogP contribution in [-0.4, -0.2) is 23.6 Å². The molecule has 3 nitrogen and oxygen atoms in total. The predicted molar refractivity (Wildman–Crippen MR) is 49.2 cm³/mol. The minimum absolute atomic E-state index is 0.171. The summed E-state index contributed by atoms with van der Waals surface area (Å²) in [5, 5.41) is 0. The van der Waals surface area contributed by atoms with E-state index in [-0.39, 0.29) is 11.6 Å². The molecular formula is C10H15NO2. The number of amides is 1. The van der Waals surface area contributed by atoms with Gasteiger partial charge < -0.3 is 4.74 Å². The molecule has 0 N–H and O–H groups in total. The third kappa shape index (κ3) is 1.06. The van der Waals surface area contributed by atoms with Crippen molar-refractivity contribution in [2.45, 2.75) is 37.6 Å². The molecule has 1 aliphatic heterocycles. The molecule has 1 aliphatic carbocycles. The second kappa shape index (κ2) is 2.76. The van der Waals surface area contributed by atoms with Gasteiger partial charge in [0.1, 0.15) is 11.3 Å². The topological polar surface area (TPSA) is 29.5 Å². The van der Waals surface area contributed by atoms with Crippen LogP contribution < -0.4 is 0 Å². The molecule has 1 saturated heterocycles. The Morgan fingerprint density at radius 1 is 1.38 bits per heavy atom. The zero-order valence-corrected chi connectivity index (χ0v) is 8.01. The van der Waals surface area contributed by atoms with Crippen molar-refractivity contribution >= 4 is 6.09 Å². The number of nitrogens with zero attached hydrogens (tertiary/aromatic N) is 1. The average molecular weight is 181 g/mol. The van der Waals surface area contributed by atoms with E-state index in [9.17, 15) is 4.79 Å². The van der Waals surface area contributed by atoms with Crippen molar-refractivity contribution in [1.82, 2.24) is 4.90 Å². The summed E-state index contributed by atoms with van der Waals surface area (Å²) in [6, 6.07) is 0. The minimum Gasteiger partial charge on any atom is -0.413 e. The highest BCUT2D eigenvalue weighted by molar-refractivity contribution is 5.74. The van der Waals surface area contributed by atoms with E-state index in [0.29, 0.717) is 5.76 Å². The van der Waals surface area contributed by atoms with Gasteiger partial charge in [-0.1, -0.05) is 25.8 Å². The first kappa shape index (κ1) is 8.60. The highest BCUT2D eigenvalue weighted by Gasteiger charge is 2.48. The number of rotatable bonds is 0. The Hall–Kier alpha value is -0.990. The summed E-state index contributed by atoms with van der Waals surface area (Å²) in [5.41, 5.74) is -0.171. The minimum atomic E-state index is -0.244. The van der Waals surface area contributed by atoms with E-state index >= 15 is 0 Å². The first-order chi connectivity index (χ1) is 6.17. The maximum absolute atomic E-state index is 11.3. The molecule has 72 valence electrons. The monoisotopic (exact) mass is 181 g/mol. The van der Waals surface area contributed by atoms with Crippen molar-refractivity contribution < 1.29 is 9.53 Å². The molecule has 1 amide bonds. The average Bonchev–Trinajstić information content (AvgIpc) is 2.34. The lowest BCUT2D eigenvalue weighted by Gasteiger charge is -2.36. The van der Waals surface area contributed by atoms with Crippen molar-refractivity contribution in [2.75, 3.05) is 7.05 Å². The molecule has 0 aromatic heterocycles. The van der Waals surface area contributed by atoms with Gasteiger partial charge in [0.25, 0.3) is 0 Å². The maximum atomic E-state index is 11.3. The molecule has 0 aromatic rings. The fourth-order valence-corrected chi connectivity index (χ4v) is 2.38. The van der Waals surface area contributed by atoms with Gasteiger partial charge in [-0.25, -0.2) is 4.79 Å². The summed E-state index contributed by atoms with van der Waals surface area (Å²) >= 11 is 0. The first-order valence-electron chi connectivity index (χ1n) is 4.82. The number of carbonyl (C=O) groups excluding carboxylic acids is 1. The van der Waals surface area contributed by atoms with Crippen LogP contribution in [0.3, 0.4) is 0 Å². The van der Waals surface area contributed by atoms with Gasteiger partial charge in [-0.2, -0.15) is 0 Å². The SMILES string of the molecule is C=C1OC(=O)N(C)C12CCCCC2. The Kier molecular flexibility index (Phi) is 1.82. The number of ether oxygens (including phenoxy) is 1. The fourth-order valence-electron chi connectivity index (χ4n) is 2.38. The van der Waals surface area contributed by atoms with Crippen molar-refractivity contribution in [1.29, 1.82) is 0 Å². The molecule has 1 spiro atoms. The summed E-state index contributed by atoms with van der Waals surface area (Å²) in [7, 11) is 1.81. The molecule has 0 radical (unpaired) electrons. The summed E-state index contributed by atoms with van der Waals surface area (Å²) < 4.78 is 5.06. The van der Waals surface area contributed by atoms with Gasteiger partial charge in [0.05, 0.1) is 0 Å². The molecule has 13 heavy (non-hydrogen) atoms. The summed E-state index contributed by atoms with van der Waals surface area (Å²) in [4.78, 5) is 13.0. The van der Waals surface area contributed by atoms with E-state index in [1.54, 1.807) is 4.90 Å². The van der Waals surface area contributed by atoms with Gasteiger partial charge in [0.15, 0.2) is 0 Å². The number of cyclic esters (lactones) is 1. The van der Waals surface area contributed by atoms with Gasteiger partial charge in [-0.15, -0.1) is 0 Å². The van der Waals surface area contributed by atoms with E-state index < -0.39 is 0 Å². The second-order valence-corrected chi connectivity index (χ2v) is 3.94. The Balaban J connectivity index is 2.28. The van der Waals surface area contributed by atoms with Crippen LogP contribution in [0.4, 0.5) is 4.79 Å². The molecule has 0 bridgehead atoms. The van der Waals surface area contributed by atoms with Crippen molar-refractivity contribution in [3.8, 4) is 0 Å². The van der Waals surface area contributed by atoms with Gasteiger partial charge in [-0.05, 0) is 12.8 Å². The molecule has 1 saturated carbocycles. The van der Waals surface area contributed by atoms with E-state index in [0.717, 1.165) is 12.8 Å². The van der Waals surface area contributed by atoms with Crippen molar-refractivity contribution in [3.63, 3.8) is 0 Å². The van der Waals surface area contributed by atoms with Crippen LogP contribution in [-0.2, 0) is 4.74 Å². The summed E-state index contributed by atoms with van der Waals surface area (Å²) in [6.07, 6.45) is 5.37. The lowest BCUT2D eigenvalue weighted by atomic mass is 9.80. The zero-order valence-electron chi connectivity index (χ0n) is 8.01. The Morgan fingerprint density at radius 3 is 2.46 bits per heavy atom. The smallest absolute Gasteiger partial charge is 0.413 e. The van der Waals surface area contributed by atoms with Gasteiger partial charge >= 0.3 is 6.09 Å². The zero-order chi connectivity index (χ0) is 9.47. The molecule has 0 atom stereocenters. The normalized spacial score (nSPS) is 26.7. The Bertz CT molecular complexity index is 254. The molecule has 2 rings (SSSR count). The van der Waals surface area contributed by atoms with E-state index in [2.05, 4.69) is 6.58 Å². The number of hydrogen-bond donors (Lipinski definition) is 0. The van der Waals surface area contributed by atoms with Gasteiger partial charge in [0, 0.05) is 7.05 Å².